The normalized spacial score (nSPS) is 13.2. The lowest BCUT2D eigenvalue weighted by atomic mass is 9.12. The van der Waals surface area contributed by atoms with Gasteiger partial charge >= 0.3 is 49.4 Å². The Kier molecular flexibility index (Phi) is 20.8. The number of aromatic nitrogens is 1. The summed E-state index contributed by atoms with van der Waals surface area (Å²) in [6, 6.07) is 11.9. The van der Waals surface area contributed by atoms with Crippen LogP contribution in [0.25, 0.3) is 10.8 Å². The number of pyridine rings is 1. The fourth-order valence-corrected chi connectivity index (χ4v) is 10.3. The molecule has 0 radical (unpaired) electrons. The fourth-order valence-electron chi connectivity index (χ4n) is 10.3. The highest BCUT2D eigenvalue weighted by molar-refractivity contribution is 7.20. The highest BCUT2D eigenvalue weighted by Gasteiger charge is 2.47. The molecule has 0 unspecified atom stereocenters. The second-order valence-corrected chi connectivity index (χ2v) is 20.6. The van der Waals surface area contributed by atoms with Gasteiger partial charge in [-0.05, 0) is 42.1 Å². The maximum atomic E-state index is 14.2. The molecule has 0 bridgehead atoms. The molecule has 6 aromatic carbocycles. The number of nitrogens with zero attached hydrogens (tertiary/aromatic N) is 1. The van der Waals surface area contributed by atoms with Crippen LogP contribution in [-0.4, -0.2) is 11.9 Å². The largest absolute Gasteiger partial charge is 0.416 e. The van der Waals surface area contributed by atoms with Gasteiger partial charge in [0.25, 0.3) is 5.69 Å². The predicted octanol–water partition coefficient (Wildman–Crippen LogP) is 18.5. The molecule has 27 heteroatoms. The van der Waals surface area contributed by atoms with Crippen molar-refractivity contribution in [3.63, 3.8) is 0 Å². The van der Waals surface area contributed by atoms with E-state index in [4.69, 9.17) is 0 Å². The molecule has 0 saturated carbocycles. The summed E-state index contributed by atoms with van der Waals surface area (Å²) in [4.78, 5) is 13.3. The molecule has 1 heterocycles. The van der Waals surface area contributed by atoms with E-state index >= 15 is 0 Å². The molecule has 0 N–H and O–H groups in total. The summed E-state index contributed by atoms with van der Waals surface area (Å²) in [6.07, 6.45) is -40.7. The average molecular weight is 1270 g/mol. The monoisotopic (exact) mass is 1270 g/mol. The summed E-state index contributed by atoms with van der Waals surface area (Å²) < 4.78 is 343. The van der Waals surface area contributed by atoms with Gasteiger partial charge in [0.05, 0.1) is 49.9 Å². The van der Waals surface area contributed by atoms with E-state index in [1.807, 2.05) is 18.2 Å². The number of carbonyl (C=O) groups excluding carboxylic acids is 1. The molecule has 0 amide bonds. The predicted molar refractivity (Wildman–Crippen MR) is 276 cm³/mol. The van der Waals surface area contributed by atoms with E-state index in [9.17, 15) is 110 Å². The Morgan fingerprint density at radius 1 is 0.356 bits per heavy atom. The van der Waals surface area contributed by atoms with Crippen molar-refractivity contribution in [1.29, 1.82) is 0 Å². The van der Waals surface area contributed by atoms with Crippen molar-refractivity contribution >= 4 is 44.6 Å². The van der Waals surface area contributed by atoms with Crippen LogP contribution in [0, 0.1) is 0 Å². The Morgan fingerprint density at radius 3 is 0.954 bits per heavy atom. The van der Waals surface area contributed by atoms with Crippen LogP contribution in [0.2, 0.25) is 0 Å². The number of ketones is 1. The highest BCUT2D eigenvalue weighted by Crippen LogP contribution is 2.42. The molecule has 0 atom stereocenters. The molecule has 2 nitrogen and oxygen atoms in total. The molecule has 0 aliphatic carbocycles. The van der Waals surface area contributed by atoms with E-state index in [0.717, 1.165) is 35.9 Å². The van der Waals surface area contributed by atoms with Crippen molar-refractivity contribution in [1.82, 2.24) is 0 Å². The SMILES string of the molecule is CCCCCCCCCCCC(=O)c1c2ccccc2cc[n+]1Cc1ccccc1.FC(F)(F)c1cc([B-](c2cc(C(F)(F)F)cc(C(F)(F)F)c2)(c2cc(C(F)(F)F)cc(C(F)(F)F)c2)c2cc(C(F)(F)F)cc(C(F)(F)F)c2)cc(C(F)(F)F)c1. The maximum Gasteiger partial charge on any atom is 0.416 e. The summed E-state index contributed by atoms with van der Waals surface area (Å²) in [6.45, 7) is 2.99. The lowest BCUT2D eigenvalue weighted by Gasteiger charge is -2.46. The van der Waals surface area contributed by atoms with Crippen LogP contribution in [0.1, 0.15) is 132 Å². The Balaban J connectivity index is 0.000000337. The number of hydrogen-bond acceptors (Lipinski definition) is 1. The first kappa shape index (κ1) is 68.9. The lowest BCUT2D eigenvalue weighted by molar-refractivity contribution is -0.688. The number of rotatable bonds is 17. The van der Waals surface area contributed by atoms with Gasteiger partial charge in [0.2, 0.25) is 5.78 Å². The summed E-state index contributed by atoms with van der Waals surface area (Å²) in [5.41, 5.74) is -28.1. The van der Waals surface area contributed by atoms with Crippen LogP contribution in [0.3, 0.4) is 0 Å². The Hall–Kier alpha value is -7.22. The molecule has 0 aliphatic rings. The van der Waals surface area contributed by atoms with Crippen LogP contribution in [0.5, 0.6) is 0 Å². The Bertz CT molecular complexity index is 3060. The van der Waals surface area contributed by atoms with Crippen LogP contribution in [-0.2, 0) is 56.0 Å². The number of halogens is 24. The van der Waals surface area contributed by atoms with Gasteiger partial charge in [-0.25, -0.2) is 0 Å². The van der Waals surface area contributed by atoms with E-state index in [2.05, 4.69) is 60.2 Å². The zero-order chi connectivity index (χ0) is 64.9. The third-order valence-corrected chi connectivity index (χ3v) is 14.3. The van der Waals surface area contributed by atoms with Crippen LogP contribution >= 0.6 is 0 Å². The molecule has 7 aromatic rings. The minimum atomic E-state index is -6.13. The Labute approximate surface area is 480 Å². The van der Waals surface area contributed by atoms with Gasteiger partial charge in [0.1, 0.15) is 6.15 Å². The topological polar surface area (TPSA) is 20.9 Å². The van der Waals surface area contributed by atoms with Gasteiger partial charge in [0, 0.05) is 18.1 Å². The summed E-state index contributed by atoms with van der Waals surface area (Å²) in [5.74, 6) is 0.269. The van der Waals surface area contributed by atoms with Gasteiger partial charge < -0.3 is 0 Å². The quantitative estimate of drug-likeness (QED) is 0.0293. The molecular formula is C60H48BF24NO. The first-order valence-electron chi connectivity index (χ1n) is 26.4. The van der Waals surface area contributed by atoms with E-state index in [1.54, 1.807) is 0 Å². The second kappa shape index (κ2) is 26.2. The molecule has 0 spiro atoms. The van der Waals surface area contributed by atoms with Crippen LogP contribution in [0.15, 0.2) is 140 Å². The van der Waals surface area contributed by atoms with E-state index in [1.165, 1.54) is 50.5 Å². The zero-order valence-corrected chi connectivity index (χ0v) is 45.1. The molecule has 7 rings (SSSR count). The molecular weight excluding hydrogens is 1220 g/mol. The number of unbranched alkanes of at least 4 members (excludes halogenated alkanes) is 8. The fraction of sp³-hybridized carbons (Fsp3) is 0.333. The van der Waals surface area contributed by atoms with Crippen molar-refractivity contribution in [3.8, 4) is 0 Å². The average Bonchev–Trinajstić information content (AvgIpc) is 0.725. The van der Waals surface area contributed by atoms with E-state index in [0.29, 0.717) is 6.42 Å². The van der Waals surface area contributed by atoms with Gasteiger partial charge in [-0.1, -0.05) is 155 Å². The molecule has 0 saturated heterocycles. The van der Waals surface area contributed by atoms with Crippen molar-refractivity contribution in [3.05, 3.63) is 195 Å². The smallest absolute Gasteiger partial charge is 0.287 e. The third kappa shape index (κ3) is 17.3. The number of benzene rings is 6. The van der Waals surface area contributed by atoms with E-state index in [-0.39, 0.29) is 5.78 Å². The van der Waals surface area contributed by atoms with Gasteiger partial charge in [-0.15, -0.1) is 0 Å². The number of carbonyl (C=O) groups is 1. The van der Waals surface area contributed by atoms with Gasteiger partial charge in [-0.3, -0.25) is 4.79 Å². The van der Waals surface area contributed by atoms with Crippen LogP contribution in [0.4, 0.5) is 105 Å². The molecule has 1 aromatic heterocycles. The first-order valence-corrected chi connectivity index (χ1v) is 26.4. The maximum absolute atomic E-state index is 14.2. The number of fused-ring (bicyclic) bond motifs is 1. The second-order valence-electron chi connectivity index (χ2n) is 20.6. The molecule has 470 valence electrons. The number of alkyl halides is 24. The minimum Gasteiger partial charge on any atom is -0.287 e. The van der Waals surface area contributed by atoms with Crippen molar-refractivity contribution in [2.24, 2.45) is 0 Å². The van der Waals surface area contributed by atoms with Crippen LogP contribution < -0.4 is 26.4 Å². The van der Waals surface area contributed by atoms with Crippen molar-refractivity contribution in [2.45, 2.75) is 127 Å². The lowest BCUT2D eigenvalue weighted by Crippen LogP contribution is -2.75. The van der Waals surface area contributed by atoms with Crippen molar-refractivity contribution in [2.75, 3.05) is 0 Å². The van der Waals surface area contributed by atoms with Gasteiger partial charge in [0.15, 0.2) is 12.7 Å². The molecule has 87 heavy (non-hydrogen) atoms. The van der Waals surface area contributed by atoms with Crippen molar-refractivity contribution < 1.29 is 115 Å². The first-order chi connectivity index (χ1) is 40.1. The standard InChI is InChI=1S/C32H12BF24.C28H36NO/c34-25(35,36)13-1-14(26(37,38)39)6-21(5-13)33(22-7-15(27(40,41)42)2-16(8-22)28(43,44)45,23-9-17(29(46,47)48)3-18(10-23)30(49,50)51)24-11-19(31(52,53)54)4-20(12-24)32(55,56)57;1-2-3-4-5-6-7-8-9-13-20-27(30)28-26-19-15-14-18-25(26)21-22-29(28)23-24-16-11-10-12-17-24/h1-12H;10-12,14-19,21-22H,2-9,13,20,23H2,1H3/q-1;+1. The number of Topliss-reactive ketones (excluding diaryl/α,β-unsaturated/α-hetero) is 1. The summed E-state index contributed by atoms with van der Waals surface area (Å²) in [7, 11) is 0. The van der Waals surface area contributed by atoms with E-state index < -0.39 is 195 Å². The minimum absolute atomic E-state index is 0.269. The summed E-state index contributed by atoms with van der Waals surface area (Å²) in [5, 5.41) is 2.20. The highest BCUT2D eigenvalue weighted by atomic mass is 19.4. The summed E-state index contributed by atoms with van der Waals surface area (Å²) >= 11 is 0. The van der Waals surface area contributed by atoms with Gasteiger partial charge in [-0.2, -0.15) is 132 Å². The third-order valence-electron chi connectivity index (χ3n) is 14.3. The molecule has 0 fully saturated rings. The Morgan fingerprint density at radius 2 is 0.644 bits per heavy atom. The zero-order valence-electron chi connectivity index (χ0n) is 45.1. The number of hydrogen-bond donors (Lipinski definition) is 0. The molecule has 0 aliphatic heterocycles.